The number of hydrogen-bond donors (Lipinski definition) is 1. The summed E-state index contributed by atoms with van der Waals surface area (Å²) in [7, 11) is 0. The van der Waals surface area contributed by atoms with Gasteiger partial charge in [-0.2, -0.15) is 0 Å². The summed E-state index contributed by atoms with van der Waals surface area (Å²) in [4.78, 5) is 22.5. The number of nitrogens with zero attached hydrogens (tertiary/aromatic N) is 1. The third-order valence-electron chi connectivity index (χ3n) is 3.45. The van der Waals surface area contributed by atoms with Gasteiger partial charge in [-0.05, 0) is 31.2 Å². The van der Waals surface area contributed by atoms with Crippen LogP contribution in [0.4, 0.5) is 11.4 Å². The highest BCUT2D eigenvalue weighted by Crippen LogP contribution is 2.33. The minimum absolute atomic E-state index is 0.0393. The van der Waals surface area contributed by atoms with E-state index in [1.165, 1.54) is 24.3 Å². The van der Waals surface area contributed by atoms with Crippen molar-refractivity contribution in [3.8, 4) is 11.5 Å². The van der Waals surface area contributed by atoms with Gasteiger partial charge < -0.3 is 14.8 Å². The third-order valence-corrected chi connectivity index (χ3v) is 3.45. The Morgan fingerprint density at radius 2 is 1.70 bits per heavy atom. The molecule has 0 aliphatic carbocycles. The number of rotatable bonds is 3. The molecule has 2 aromatic carbocycles. The predicted octanol–water partition coefficient (Wildman–Crippen LogP) is 2.76. The second-order valence-corrected chi connectivity index (χ2v) is 5.10. The molecule has 1 heterocycles. The molecule has 2 aromatic rings. The summed E-state index contributed by atoms with van der Waals surface area (Å²) in [5, 5.41) is 13.3. The van der Waals surface area contributed by atoms with E-state index in [2.05, 4.69) is 5.32 Å². The number of nitro groups is 1. The maximum Gasteiger partial charge on any atom is 0.269 e. The lowest BCUT2D eigenvalue weighted by molar-refractivity contribution is -0.384. The van der Waals surface area contributed by atoms with E-state index in [0.717, 1.165) is 0 Å². The van der Waals surface area contributed by atoms with Crippen LogP contribution in [0.1, 0.15) is 6.92 Å². The van der Waals surface area contributed by atoms with Gasteiger partial charge in [-0.1, -0.05) is 12.1 Å². The van der Waals surface area contributed by atoms with Gasteiger partial charge in [0.25, 0.3) is 11.6 Å². The van der Waals surface area contributed by atoms with Crippen LogP contribution in [0.2, 0.25) is 0 Å². The van der Waals surface area contributed by atoms with Crippen LogP contribution >= 0.6 is 0 Å². The molecular formula is C16H14N2O5. The van der Waals surface area contributed by atoms with Crippen LogP contribution in [0.5, 0.6) is 11.5 Å². The first-order chi connectivity index (χ1) is 11.0. The molecule has 1 amide bonds. The molecule has 0 aromatic heterocycles. The first-order valence-corrected chi connectivity index (χ1v) is 7.02. The summed E-state index contributed by atoms with van der Waals surface area (Å²) in [5.74, 6) is 0.731. The normalized spacial score (nSPS) is 19.0. The molecule has 0 saturated carbocycles. The van der Waals surface area contributed by atoms with Gasteiger partial charge in [0, 0.05) is 17.8 Å². The Morgan fingerprint density at radius 1 is 1.09 bits per heavy atom. The molecule has 1 aliphatic heterocycles. The Morgan fingerprint density at radius 3 is 2.30 bits per heavy atom. The van der Waals surface area contributed by atoms with E-state index in [1.807, 2.05) is 6.07 Å². The number of anilines is 1. The van der Waals surface area contributed by atoms with E-state index in [4.69, 9.17) is 9.47 Å². The zero-order chi connectivity index (χ0) is 16.4. The van der Waals surface area contributed by atoms with E-state index in [0.29, 0.717) is 17.2 Å². The van der Waals surface area contributed by atoms with Crippen LogP contribution in [0.3, 0.4) is 0 Å². The standard InChI is InChI=1S/C16H14N2O5/c1-10-15(23-14-5-3-2-4-13(14)22-10)16(19)17-11-6-8-12(9-7-11)18(20)21/h2-10,15H,1H3,(H,17,19). The molecule has 0 spiro atoms. The van der Waals surface area contributed by atoms with Crippen molar-refractivity contribution in [2.75, 3.05) is 5.32 Å². The number of amides is 1. The maximum absolute atomic E-state index is 12.4. The van der Waals surface area contributed by atoms with E-state index in [-0.39, 0.29) is 11.6 Å². The number of para-hydroxylation sites is 2. The van der Waals surface area contributed by atoms with Crippen molar-refractivity contribution in [3.05, 3.63) is 58.6 Å². The smallest absolute Gasteiger partial charge is 0.269 e. The number of hydrogen-bond acceptors (Lipinski definition) is 5. The molecular weight excluding hydrogens is 300 g/mol. The topological polar surface area (TPSA) is 90.7 Å². The minimum Gasteiger partial charge on any atom is -0.482 e. The Balaban J connectivity index is 1.72. The van der Waals surface area contributed by atoms with Gasteiger partial charge in [0.2, 0.25) is 6.10 Å². The van der Waals surface area contributed by atoms with Crippen LogP contribution in [-0.2, 0) is 4.79 Å². The Bertz CT molecular complexity index is 744. The molecule has 7 nitrogen and oxygen atoms in total. The molecule has 7 heteroatoms. The largest absolute Gasteiger partial charge is 0.482 e. The van der Waals surface area contributed by atoms with Crippen LogP contribution in [0.25, 0.3) is 0 Å². The van der Waals surface area contributed by atoms with E-state index in [9.17, 15) is 14.9 Å². The predicted molar refractivity (Wildman–Crippen MR) is 82.7 cm³/mol. The molecule has 0 bridgehead atoms. The highest BCUT2D eigenvalue weighted by Gasteiger charge is 2.34. The first-order valence-electron chi connectivity index (χ1n) is 7.02. The highest BCUT2D eigenvalue weighted by molar-refractivity contribution is 5.95. The zero-order valence-corrected chi connectivity index (χ0v) is 12.3. The second kappa shape index (κ2) is 5.96. The van der Waals surface area contributed by atoms with Gasteiger partial charge in [-0.3, -0.25) is 14.9 Å². The van der Waals surface area contributed by atoms with Crippen molar-refractivity contribution in [1.82, 2.24) is 0 Å². The number of fused-ring (bicyclic) bond motifs is 1. The number of ether oxygens (including phenoxy) is 2. The van der Waals surface area contributed by atoms with E-state index >= 15 is 0 Å². The average Bonchev–Trinajstić information content (AvgIpc) is 2.54. The second-order valence-electron chi connectivity index (χ2n) is 5.10. The van der Waals surface area contributed by atoms with Crippen molar-refractivity contribution in [1.29, 1.82) is 0 Å². The zero-order valence-electron chi connectivity index (χ0n) is 12.3. The molecule has 118 valence electrons. The lowest BCUT2D eigenvalue weighted by Crippen LogP contribution is -2.46. The lowest BCUT2D eigenvalue weighted by Gasteiger charge is -2.30. The van der Waals surface area contributed by atoms with Gasteiger partial charge in [-0.25, -0.2) is 0 Å². The Labute approximate surface area is 132 Å². The van der Waals surface area contributed by atoms with E-state index in [1.54, 1.807) is 25.1 Å². The molecule has 1 aliphatic rings. The average molecular weight is 314 g/mol. The molecule has 0 radical (unpaired) electrons. The van der Waals surface area contributed by atoms with Crippen molar-refractivity contribution in [3.63, 3.8) is 0 Å². The van der Waals surface area contributed by atoms with Crippen LogP contribution in [0, 0.1) is 10.1 Å². The van der Waals surface area contributed by atoms with Crippen LogP contribution in [-0.4, -0.2) is 23.0 Å². The van der Waals surface area contributed by atoms with Crippen molar-refractivity contribution in [2.24, 2.45) is 0 Å². The quantitative estimate of drug-likeness (QED) is 0.695. The van der Waals surface area contributed by atoms with Crippen LogP contribution < -0.4 is 14.8 Å². The van der Waals surface area contributed by atoms with Gasteiger partial charge in [-0.15, -0.1) is 0 Å². The molecule has 2 unspecified atom stereocenters. The summed E-state index contributed by atoms with van der Waals surface area (Å²) in [5.41, 5.74) is 0.415. The number of carbonyl (C=O) groups excluding carboxylic acids is 1. The first kappa shape index (κ1) is 14.8. The summed E-state index contributed by atoms with van der Waals surface area (Å²) in [6, 6.07) is 12.7. The number of carbonyl (C=O) groups is 1. The summed E-state index contributed by atoms with van der Waals surface area (Å²) in [6.45, 7) is 1.75. The summed E-state index contributed by atoms with van der Waals surface area (Å²) < 4.78 is 11.4. The SMILES string of the molecule is CC1Oc2ccccc2OC1C(=O)Nc1ccc([N+](=O)[O-])cc1. The number of nitrogens with one attached hydrogen (secondary N) is 1. The maximum atomic E-state index is 12.4. The fourth-order valence-corrected chi connectivity index (χ4v) is 2.29. The molecule has 1 N–H and O–H groups in total. The highest BCUT2D eigenvalue weighted by atomic mass is 16.6. The molecule has 2 atom stereocenters. The monoisotopic (exact) mass is 314 g/mol. The van der Waals surface area contributed by atoms with Gasteiger partial charge in [0.15, 0.2) is 11.5 Å². The van der Waals surface area contributed by atoms with Gasteiger partial charge in [0.1, 0.15) is 6.10 Å². The minimum atomic E-state index is -0.805. The lowest BCUT2D eigenvalue weighted by atomic mass is 10.1. The van der Waals surface area contributed by atoms with Crippen LogP contribution in [0.15, 0.2) is 48.5 Å². The Kier molecular flexibility index (Phi) is 3.84. The van der Waals surface area contributed by atoms with E-state index < -0.39 is 17.1 Å². The van der Waals surface area contributed by atoms with Crippen molar-refractivity contribution < 1.29 is 19.2 Å². The summed E-state index contributed by atoms with van der Waals surface area (Å²) in [6.07, 6.45) is -1.26. The molecule has 0 fully saturated rings. The van der Waals surface area contributed by atoms with Crippen molar-refractivity contribution >= 4 is 17.3 Å². The fraction of sp³-hybridized carbons (Fsp3) is 0.188. The Hall–Kier alpha value is -3.09. The number of non-ortho nitro benzene ring substituents is 1. The van der Waals surface area contributed by atoms with Gasteiger partial charge >= 0.3 is 0 Å². The fourth-order valence-electron chi connectivity index (χ4n) is 2.29. The number of benzene rings is 2. The number of nitro benzene ring substituents is 1. The van der Waals surface area contributed by atoms with Crippen molar-refractivity contribution in [2.45, 2.75) is 19.1 Å². The molecule has 3 rings (SSSR count). The van der Waals surface area contributed by atoms with Gasteiger partial charge in [0.05, 0.1) is 4.92 Å². The molecule has 23 heavy (non-hydrogen) atoms. The molecule has 0 saturated heterocycles. The summed E-state index contributed by atoms with van der Waals surface area (Å²) >= 11 is 0. The third kappa shape index (κ3) is 3.08.